The van der Waals surface area contributed by atoms with Crippen LogP contribution < -0.4 is 5.32 Å². The maximum absolute atomic E-state index is 3.90. The smallest absolute Gasteiger partial charge is 0.0371 e. The van der Waals surface area contributed by atoms with Crippen LogP contribution in [0.4, 0.5) is 0 Å². The third kappa shape index (κ3) is 3.30. The maximum atomic E-state index is 3.90. The van der Waals surface area contributed by atoms with Crippen LogP contribution in [0.15, 0.2) is 30.3 Å². The summed E-state index contributed by atoms with van der Waals surface area (Å²) in [6.45, 7) is 9.33. The van der Waals surface area contributed by atoms with E-state index in [4.69, 9.17) is 0 Å². The Labute approximate surface area is 116 Å². The summed E-state index contributed by atoms with van der Waals surface area (Å²) < 4.78 is 0. The van der Waals surface area contributed by atoms with Crippen molar-refractivity contribution in [1.29, 1.82) is 0 Å². The molecule has 3 unspecified atom stereocenters. The molecule has 0 saturated carbocycles. The Bertz CT molecular complexity index is 368. The summed E-state index contributed by atoms with van der Waals surface area (Å²) in [7, 11) is 0. The molecule has 1 aromatic rings. The molecule has 0 aromatic heterocycles. The van der Waals surface area contributed by atoms with Crippen LogP contribution in [0.25, 0.3) is 0 Å². The van der Waals surface area contributed by atoms with Gasteiger partial charge in [0.2, 0.25) is 0 Å². The maximum Gasteiger partial charge on any atom is 0.0371 e. The van der Waals surface area contributed by atoms with Crippen LogP contribution in [0.5, 0.6) is 0 Å². The highest BCUT2D eigenvalue weighted by atomic mass is 32.2. The van der Waals surface area contributed by atoms with Crippen molar-refractivity contribution in [3.63, 3.8) is 0 Å². The van der Waals surface area contributed by atoms with E-state index in [9.17, 15) is 0 Å². The van der Waals surface area contributed by atoms with Crippen molar-refractivity contribution in [2.45, 2.75) is 39.8 Å². The van der Waals surface area contributed by atoms with Crippen molar-refractivity contribution in [2.75, 3.05) is 11.5 Å². The Morgan fingerprint density at radius 2 is 1.83 bits per heavy atom. The molecule has 2 heteroatoms. The number of thioether (sulfide) groups is 1. The number of hydrogen-bond donors (Lipinski definition) is 1. The molecule has 1 aliphatic rings. The first-order valence-corrected chi connectivity index (χ1v) is 8.02. The minimum Gasteiger partial charge on any atom is -0.306 e. The van der Waals surface area contributed by atoms with E-state index in [1.54, 1.807) is 0 Å². The van der Waals surface area contributed by atoms with Gasteiger partial charge in [0.15, 0.2) is 0 Å². The first kappa shape index (κ1) is 14.0. The standard InChI is InChI=1S/C16H25NS/c1-12-10-18-11-14(12)17-15(16(2,3)4)13-8-6-5-7-9-13/h5-9,12,14-15,17H,10-11H2,1-4H3. The summed E-state index contributed by atoms with van der Waals surface area (Å²) in [5, 5.41) is 3.90. The van der Waals surface area contributed by atoms with Crippen molar-refractivity contribution < 1.29 is 0 Å². The summed E-state index contributed by atoms with van der Waals surface area (Å²) in [4.78, 5) is 0. The van der Waals surface area contributed by atoms with Crippen molar-refractivity contribution >= 4 is 11.8 Å². The highest BCUT2D eigenvalue weighted by Gasteiger charge is 2.32. The van der Waals surface area contributed by atoms with E-state index in [-0.39, 0.29) is 5.41 Å². The second-order valence-electron chi connectivity index (χ2n) is 6.50. The Kier molecular flexibility index (Phi) is 4.39. The van der Waals surface area contributed by atoms with Gasteiger partial charge in [0, 0.05) is 17.8 Å². The summed E-state index contributed by atoms with van der Waals surface area (Å²) in [6, 6.07) is 12.0. The van der Waals surface area contributed by atoms with Crippen LogP contribution in [-0.2, 0) is 0 Å². The molecule has 0 radical (unpaired) electrons. The fraction of sp³-hybridized carbons (Fsp3) is 0.625. The van der Waals surface area contributed by atoms with E-state index < -0.39 is 0 Å². The SMILES string of the molecule is CC1CSCC1NC(c1ccccc1)C(C)(C)C. The molecular formula is C16H25NS. The van der Waals surface area contributed by atoms with E-state index >= 15 is 0 Å². The Balaban J connectivity index is 2.16. The molecule has 0 bridgehead atoms. The molecule has 3 atom stereocenters. The van der Waals surface area contributed by atoms with Crippen LogP contribution in [0.3, 0.4) is 0 Å². The minimum absolute atomic E-state index is 0.244. The lowest BCUT2D eigenvalue weighted by molar-refractivity contribution is 0.240. The second kappa shape index (κ2) is 5.66. The van der Waals surface area contributed by atoms with Crippen molar-refractivity contribution in [2.24, 2.45) is 11.3 Å². The first-order valence-electron chi connectivity index (χ1n) is 6.87. The fourth-order valence-electron chi connectivity index (χ4n) is 2.58. The lowest BCUT2D eigenvalue weighted by Gasteiger charge is -2.35. The molecule has 2 rings (SSSR count). The predicted octanol–water partition coefficient (Wildman–Crippen LogP) is 4.11. The van der Waals surface area contributed by atoms with Gasteiger partial charge in [-0.2, -0.15) is 11.8 Å². The molecule has 100 valence electrons. The second-order valence-corrected chi connectivity index (χ2v) is 7.57. The van der Waals surface area contributed by atoms with Crippen LogP contribution in [0.2, 0.25) is 0 Å². The van der Waals surface area contributed by atoms with Gasteiger partial charge in [-0.3, -0.25) is 0 Å². The van der Waals surface area contributed by atoms with Crippen molar-refractivity contribution in [3.8, 4) is 0 Å². The van der Waals surface area contributed by atoms with Crippen LogP contribution in [0.1, 0.15) is 39.3 Å². The zero-order valence-electron chi connectivity index (χ0n) is 11.9. The number of rotatable bonds is 3. The first-order chi connectivity index (χ1) is 8.48. The molecule has 0 aliphatic carbocycles. The van der Waals surface area contributed by atoms with Crippen molar-refractivity contribution in [1.82, 2.24) is 5.32 Å². The Morgan fingerprint density at radius 1 is 1.17 bits per heavy atom. The lowest BCUT2D eigenvalue weighted by atomic mass is 9.81. The Hall–Kier alpha value is -0.470. The van der Waals surface area contributed by atoms with Gasteiger partial charge in [0.1, 0.15) is 0 Å². The quantitative estimate of drug-likeness (QED) is 0.880. The molecule has 1 aromatic carbocycles. The number of nitrogens with one attached hydrogen (secondary N) is 1. The van der Waals surface area contributed by atoms with E-state index in [0.29, 0.717) is 12.1 Å². The average Bonchev–Trinajstić information content (AvgIpc) is 2.71. The van der Waals surface area contributed by atoms with Gasteiger partial charge in [0.05, 0.1) is 0 Å². The lowest BCUT2D eigenvalue weighted by Crippen LogP contribution is -2.42. The molecule has 1 saturated heterocycles. The fourth-order valence-corrected chi connectivity index (χ4v) is 4.00. The van der Waals surface area contributed by atoms with Gasteiger partial charge in [-0.25, -0.2) is 0 Å². The van der Waals surface area contributed by atoms with Gasteiger partial charge in [-0.15, -0.1) is 0 Å². The normalized spacial score (nSPS) is 26.2. The molecular weight excluding hydrogens is 238 g/mol. The largest absolute Gasteiger partial charge is 0.306 e. The van der Waals surface area contributed by atoms with Crippen LogP contribution >= 0.6 is 11.8 Å². The molecule has 18 heavy (non-hydrogen) atoms. The summed E-state index contributed by atoms with van der Waals surface area (Å²) in [5.41, 5.74) is 1.66. The molecule has 1 N–H and O–H groups in total. The highest BCUT2D eigenvalue weighted by Crippen LogP contribution is 2.35. The summed E-state index contributed by atoms with van der Waals surface area (Å²) >= 11 is 2.08. The molecule has 1 aliphatic heterocycles. The van der Waals surface area contributed by atoms with Gasteiger partial charge in [-0.1, -0.05) is 58.0 Å². The van der Waals surface area contributed by atoms with E-state index in [2.05, 4.69) is 75.1 Å². The molecule has 1 heterocycles. The zero-order chi connectivity index (χ0) is 13.2. The van der Waals surface area contributed by atoms with Crippen LogP contribution in [0, 0.1) is 11.3 Å². The van der Waals surface area contributed by atoms with E-state index in [1.165, 1.54) is 17.1 Å². The van der Waals surface area contributed by atoms with Crippen molar-refractivity contribution in [3.05, 3.63) is 35.9 Å². The molecule has 0 spiro atoms. The zero-order valence-corrected chi connectivity index (χ0v) is 12.8. The highest BCUT2D eigenvalue weighted by molar-refractivity contribution is 7.99. The Morgan fingerprint density at radius 3 is 2.33 bits per heavy atom. The minimum atomic E-state index is 0.244. The number of hydrogen-bond acceptors (Lipinski definition) is 2. The third-order valence-corrected chi connectivity index (χ3v) is 5.10. The molecule has 0 amide bonds. The summed E-state index contributed by atoms with van der Waals surface area (Å²) in [6.07, 6.45) is 0. The average molecular weight is 263 g/mol. The topological polar surface area (TPSA) is 12.0 Å². The number of benzene rings is 1. The van der Waals surface area contributed by atoms with Crippen LogP contribution in [-0.4, -0.2) is 17.5 Å². The van der Waals surface area contributed by atoms with Gasteiger partial charge < -0.3 is 5.32 Å². The summed E-state index contributed by atoms with van der Waals surface area (Å²) in [5.74, 6) is 3.33. The van der Waals surface area contributed by atoms with E-state index in [0.717, 1.165) is 5.92 Å². The van der Waals surface area contributed by atoms with Gasteiger partial charge in [-0.05, 0) is 22.6 Å². The monoisotopic (exact) mass is 263 g/mol. The molecule has 1 nitrogen and oxygen atoms in total. The van der Waals surface area contributed by atoms with Gasteiger partial charge in [0.25, 0.3) is 0 Å². The third-order valence-electron chi connectivity index (χ3n) is 3.74. The van der Waals surface area contributed by atoms with Gasteiger partial charge >= 0.3 is 0 Å². The van der Waals surface area contributed by atoms with E-state index in [1.807, 2.05) is 0 Å². The predicted molar refractivity (Wildman–Crippen MR) is 82.1 cm³/mol. The molecule has 1 fully saturated rings.